The van der Waals surface area contributed by atoms with E-state index in [0.29, 0.717) is 16.5 Å². The fraction of sp³-hybridized carbons (Fsp3) is 0.200. The summed E-state index contributed by atoms with van der Waals surface area (Å²) in [5.74, 6) is 0.814. The van der Waals surface area contributed by atoms with Crippen LogP contribution in [0.1, 0.15) is 29.7 Å². The summed E-state index contributed by atoms with van der Waals surface area (Å²) in [6, 6.07) is 11.4. The summed E-state index contributed by atoms with van der Waals surface area (Å²) in [5.41, 5.74) is 8.26. The quantitative estimate of drug-likeness (QED) is 0.738. The van der Waals surface area contributed by atoms with Crippen LogP contribution < -0.4 is 10.5 Å². The number of rotatable bonds is 1. The molecule has 1 aliphatic rings. The van der Waals surface area contributed by atoms with E-state index in [1.165, 1.54) is 0 Å². The highest BCUT2D eigenvalue weighted by Crippen LogP contribution is 2.41. The molecule has 0 radical (unpaired) electrons. The molecule has 5 heteroatoms. The third-order valence-electron chi connectivity index (χ3n) is 3.43. The normalized spacial score (nSPS) is 21.2. The highest BCUT2D eigenvalue weighted by Gasteiger charge is 2.27. The molecule has 1 unspecified atom stereocenters. The lowest BCUT2D eigenvalue weighted by atomic mass is 9.94. The second-order valence-electron chi connectivity index (χ2n) is 4.80. The molecule has 0 aromatic heterocycles. The number of hydrogen-bond donors (Lipinski definition) is 1. The van der Waals surface area contributed by atoms with Gasteiger partial charge >= 0.3 is 0 Å². The summed E-state index contributed by atoms with van der Waals surface area (Å²) in [6.45, 7) is 0. The fourth-order valence-corrected chi connectivity index (χ4v) is 3.04. The van der Waals surface area contributed by atoms with Crippen LogP contribution in [-0.2, 0) is 0 Å². The van der Waals surface area contributed by atoms with Crippen molar-refractivity contribution in [3.63, 3.8) is 0 Å². The summed E-state index contributed by atoms with van der Waals surface area (Å²) in [6.07, 6.45) is 0.605. The smallest absolute Gasteiger partial charge is 0.126 e. The van der Waals surface area contributed by atoms with Gasteiger partial charge in [-0.25, -0.2) is 0 Å². The second-order valence-corrected chi connectivity index (χ2v) is 6.53. The SMILES string of the molecule is N[C@@H]1CC(c2ccc(Cl)c(Cl)c2)Oc2cc(Br)ccc21. The van der Waals surface area contributed by atoms with Crippen molar-refractivity contribution >= 4 is 39.1 Å². The first-order valence-electron chi connectivity index (χ1n) is 6.21. The van der Waals surface area contributed by atoms with E-state index in [1.807, 2.05) is 30.3 Å². The largest absolute Gasteiger partial charge is 0.485 e. The Hall–Kier alpha value is -0.740. The highest BCUT2D eigenvalue weighted by atomic mass is 79.9. The molecule has 104 valence electrons. The molecule has 0 fully saturated rings. The van der Waals surface area contributed by atoms with E-state index in [2.05, 4.69) is 15.9 Å². The highest BCUT2D eigenvalue weighted by molar-refractivity contribution is 9.10. The Balaban J connectivity index is 1.96. The third kappa shape index (κ3) is 2.68. The monoisotopic (exact) mass is 371 g/mol. The van der Waals surface area contributed by atoms with Gasteiger partial charge in [-0.2, -0.15) is 0 Å². The summed E-state index contributed by atoms with van der Waals surface area (Å²) >= 11 is 15.5. The molecule has 2 aromatic carbocycles. The van der Waals surface area contributed by atoms with Gasteiger partial charge < -0.3 is 10.5 Å². The van der Waals surface area contributed by atoms with Crippen LogP contribution >= 0.6 is 39.1 Å². The number of ether oxygens (including phenoxy) is 1. The van der Waals surface area contributed by atoms with Crippen LogP contribution in [0.5, 0.6) is 5.75 Å². The van der Waals surface area contributed by atoms with Gasteiger partial charge in [0.2, 0.25) is 0 Å². The molecule has 0 amide bonds. The molecule has 1 aliphatic heterocycles. The van der Waals surface area contributed by atoms with Crippen molar-refractivity contribution in [1.82, 2.24) is 0 Å². The fourth-order valence-electron chi connectivity index (χ4n) is 2.39. The first-order chi connectivity index (χ1) is 9.54. The van der Waals surface area contributed by atoms with Gasteiger partial charge in [0.05, 0.1) is 10.0 Å². The lowest BCUT2D eigenvalue weighted by molar-refractivity contribution is 0.161. The standard InChI is InChI=1S/C15H12BrCl2NO/c16-9-2-3-10-13(19)7-14(20-15(10)6-9)8-1-4-11(17)12(18)5-8/h1-6,13-14H,7,19H2/t13-,14?/m1/s1. The Morgan fingerprint density at radius 2 is 1.90 bits per heavy atom. The van der Waals surface area contributed by atoms with Crippen LogP contribution in [0.3, 0.4) is 0 Å². The zero-order chi connectivity index (χ0) is 14.3. The van der Waals surface area contributed by atoms with Crippen LogP contribution in [-0.4, -0.2) is 0 Å². The molecular formula is C15H12BrCl2NO. The number of fused-ring (bicyclic) bond motifs is 1. The maximum absolute atomic E-state index is 6.24. The molecule has 2 nitrogen and oxygen atoms in total. The van der Waals surface area contributed by atoms with Gasteiger partial charge in [-0.1, -0.05) is 51.3 Å². The van der Waals surface area contributed by atoms with Crippen molar-refractivity contribution < 1.29 is 4.74 Å². The average Bonchev–Trinajstić information content (AvgIpc) is 2.41. The van der Waals surface area contributed by atoms with E-state index in [4.69, 9.17) is 33.7 Å². The molecule has 3 rings (SSSR count). The van der Waals surface area contributed by atoms with Gasteiger partial charge in [-0.05, 0) is 29.8 Å². The predicted octanol–water partition coefficient (Wildman–Crippen LogP) is 5.28. The lowest BCUT2D eigenvalue weighted by Gasteiger charge is -2.30. The topological polar surface area (TPSA) is 35.2 Å². The van der Waals surface area contributed by atoms with Crippen LogP contribution in [0.15, 0.2) is 40.9 Å². The summed E-state index contributed by atoms with van der Waals surface area (Å²) < 4.78 is 7.02. The second kappa shape index (κ2) is 5.57. The van der Waals surface area contributed by atoms with Gasteiger partial charge in [0.15, 0.2) is 0 Å². The van der Waals surface area contributed by atoms with E-state index in [0.717, 1.165) is 21.3 Å². The van der Waals surface area contributed by atoms with Crippen LogP contribution in [0.4, 0.5) is 0 Å². The predicted molar refractivity (Wildman–Crippen MR) is 85.5 cm³/mol. The molecule has 0 aliphatic carbocycles. The van der Waals surface area contributed by atoms with Crippen molar-refractivity contribution in [3.05, 3.63) is 62.0 Å². The minimum absolute atomic E-state index is 0.0497. The number of nitrogens with two attached hydrogens (primary N) is 1. The Morgan fingerprint density at radius 1 is 1.10 bits per heavy atom. The third-order valence-corrected chi connectivity index (χ3v) is 4.66. The molecule has 0 saturated heterocycles. The van der Waals surface area contributed by atoms with E-state index < -0.39 is 0 Å². The van der Waals surface area contributed by atoms with E-state index in [9.17, 15) is 0 Å². The first kappa shape index (κ1) is 14.2. The lowest BCUT2D eigenvalue weighted by Crippen LogP contribution is -2.24. The molecule has 0 saturated carbocycles. The van der Waals surface area contributed by atoms with Crippen LogP contribution in [0, 0.1) is 0 Å². The summed E-state index contributed by atoms with van der Waals surface area (Å²) in [7, 11) is 0. The molecule has 0 bridgehead atoms. The maximum atomic E-state index is 6.24. The molecule has 0 spiro atoms. The van der Waals surface area contributed by atoms with Crippen LogP contribution in [0.2, 0.25) is 10.0 Å². The minimum Gasteiger partial charge on any atom is -0.485 e. The van der Waals surface area contributed by atoms with E-state index >= 15 is 0 Å². The van der Waals surface area contributed by atoms with Crippen molar-refractivity contribution in [2.75, 3.05) is 0 Å². The molecule has 2 N–H and O–H groups in total. The zero-order valence-corrected chi connectivity index (χ0v) is 13.5. The molecular weight excluding hydrogens is 361 g/mol. The Morgan fingerprint density at radius 3 is 2.65 bits per heavy atom. The van der Waals surface area contributed by atoms with Crippen molar-refractivity contribution in [3.8, 4) is 5.75 Å². The van der Waals surface area contributed by atoms with E-state index in [-0.39, 0.29) is 12.1 Å². The van der Waals surface area contributed by atoms with Gasteiger partial charge in [-0.3, -0.25) is 0 Å². The van der Waals surface area contributed by atoms with E-state index in [1.54, 1.807) is 6.07 Å². The van der Waals surface area contributed by atoms with Gasteiger partial charge in [0.25, 0.3) is 0 Å². The molecule has 2 atom stereocenters. The van der Waals surface area contributed by atoms with Gasteiger partial charge in [0.1, 0.15) is 11.9 Å². The Kier molecular flexibility index (Phi) is 3.95. The van der Waals surface area contributed by atoms with Crippen molar-refractivity contribution in [1.29, 1.82) is 0 Å². The molecule has 20 heavy (non-hydrogen) atoms. The van der Waals surface area contributed by atoms with Crippen molar-refractivity contribution in [2.24, 2.45) is 5.73 Å². The number of halogens is 3. The Bertz CT molecular complexity index is 662. The first-order valence-corrected chi connectivity index (χ1v) is 7.76. The number of benzene rings is 2. The summed E-state index contributed by atoms with van der Waals surface area (Å²) in [4.78, 5) is 0. The van der Waals surface area contributed by atoms with Gasteiger partial charge in [-0.15, -0.1) is 0 Å². The zero-order valence-electron chi connectivity index (χ0n) is 10.4. The van der Waals surface area contributed by atoms with Crippen molar-refractivity contribution in [2.45, 2.75) is 18.6 Å². The van der Waals surface area contributed by atoms with Gasteiger partial charge in [0, 0.05) is 22.5 Å². The van der Waals surface area contributed by atoms with Crippen LogP contribution in [0.25, 0.3) is 0 Å². The number of hydrogen-bond acceptors (Lipinski definition) is 2. The molecule has 2 aromatic rings. The molecule has 1 heterocycles. The summed E-state index contributed by atoms with van der Waals surface area (Å²) in [5, 5.41) is 1.07. The Labute approximate surface area is 136 Å². The average molecular weight is 373 g/mol. The maximum Gasteiger partial charge on any atom is 0.126 e. The minimum atomic E-state index is -0.110.